The molecular formula is C11H10OS. The van der Waals surface area contributed by atoms with E-state index in [0.717, 1.165) is 18.4 Å². The molecule has 1 N–H and O–H groups in total. The highest BCUT2D eigenvalue weighted by Crippen LogP contribution is 2.38. The Morgan fingerprint density at radius 2 is 2.31 bits per heavy atom. The van der Waals surface area contributed by atoms with E-state index in [4.69, 9.17) is 0 Å². The molecule has 0 radical (unpaired) electrons. The Hall–Kier alpha value is -0.860. The van der Waals surface area contributed by atoms with Crippen molar-refractivity contribution < 1.29 is 5.11 Å². The van der Waals surface area contributed by atoms with Gasteiger partial charge in [0.1, 0.15) is 0 Å². The summed E-state index contributed by atoms with van der Waals surface area (Å²) in [7, 11) is 0. The van der Waals surface area contributed by atoms with Crippen LogP contribution in [0.3, 0.4) is 0 Å². The van der Waals surface area contributed by atoms with Crippen molar-refractivity contribution in [1.82, 2.24) is 0 Å². The molecule has 66 valence electrons. The lowest BCUT2D eigenvalue weighted by molar-refractivity contribution is 0.167. The first-order valence-corrected chi connectivity index (χ1v) is 5.41. The summed E-state index contributed by atoms with van der Waals surface area (Å²) in [5.41, 5.74) is 2.54. The molecule has 1 aliphatic carbocycles. The van der Waals surface area contributed by atoms with Crippen molar-refractivity contribution in [2.45, 2.75) is 18.9 Å². The van der Waals surface area contributed by atoms with Crippen LogP contribution in [0.2, 0.25) is 0 Å². The number of hydrogen-bond donors (Lipinski definition) is 1. The Morgan fingerprint density at radius 3 is 3.23 bits per heavy atom. The Bertz CT molecular complexity index is 458. The van der Waals surface area contributed by atoms with E-state index in [9.17, 15) is 5.11 Å². The van der Waals surface area contributed by atoms with Crippen LogP contribution in [-0.4, -0.2) is 5.11 Å². The predicted octanol–water partition coefficient (Wildman–Crippen LogP) is 2.88. The van der Waals surface area contributed by atoms with Gasteiger partial charge in [0, 0.05) is 10.1 Å². The molecule has 0 bridgehead atoms. The fourth-order valence-corrected chi connectivity index (χ4v) is 3.12. The SMILES string of the molecule is OC1CCc2csc3cccc1c23. The maximum Gasteiger partial charge on any atom is 0.0799 e. The molecule has 1 nitrogen and oxygen atoms in total. The molecule has 0 saturated heterocycles. The van der Waals surface area contributed by atoms with Crippen LogP contribution < -0.4 is 0 Å². The molecule has 0 aliphatic heterocycles. The van der Waals surface area contributed by atoms with Crippen LogP contribution >= 0.6 is 11.3 Å². The number of aryl methyl sites for hydroxylation is 1. The normalized spacial score (nSPS) is 20.8. The molecule has 1 aromatic carbocycles. The van der Waals surface area contributed by atoms with Gasteiger partial charge in [0.2, 0.25) is 0 Å². The lowest BCUT2D eigenvalue weighted by atomic mass is 9.91. The molecule has 1 aromatic heterocycles. The second-order valence-electron chi connectivity index (χ2n) is 3.54. The summed E-state index contributed by atoms with van der Waals surface area (Å²) < 4.78 is 1.31. The van der Waals surface area contributed by atoms with E-state index >= 15 is 0 Å². The Labute approximate surface area is 80.6 Å². The van der Waals surface area contributed by atoms with Gasteiger partial charge in [0.15, 0.2) is 0 Å². The Morgan fingerprint density at radius 1 is 1.38 bits per heavy atom. The molecule has 1 unspecified atom stereocenters. The smallest absolute Gasteiger partial charge is 0.0799 e. The second kappa shape index (κ2) is 2.56. The Kier molecular flexibility index (Phi) is 1.49. The zero-order valence-electron chi connectivity index (χ0n) is 7.16. The number of thiophene rings is 1. The summed E-state index contributed by atoms with van der Waals surface area (Å²) in [4.78, 5) is 0. The molecular weight excluding hydrogens is 180 g/mol. The minimum absolute atomic E-state index is 0.245. The minimum Gasteiger partial charge on any atom is -0.388 e. The lowest BCUT2D eigenvalue weighted by Crippen LogP contribution is -2.05. The van der Waals surface area contributed by atoms with Crippen molar-refractivity contribution in [3.8, 4) is 0 Å². The van der Waals surface area contributed by atoms with Crippen molar-refractivity contribution >= 4 is 21.4 Å². The lowest BCUT2D eigenvalue weighted by Gasteiger charge is -2.18. The van der Waals surface area contributed by atoms with E-state index in [1.54, 1.807) is 11.3 Å². The van der Waals surface area contributed by atoms with Crippen molar-refractivity contribution in [2.75, 3.05) is 0 Å². The van der Waals surface area contributed by atoms with Crippen LogP contribution in [0.25, 0.3) is 10.1 Å². The molecule has 0 saturated carbocycles. The third-order valence-corrected chi connectivity index (χ3v) is 3.75. The number of aliphatic hydroxyl groups excluding tert-OH is 1. The van der Waals surface area contributed by atoms with Crippen molar-refractivity contribution in [3.63, 3.8) is 0 Å². The van der Waals surface area contributed by atoms with Gasteiger partial charge in [-0.1, -0.05) is 12.1 Å². The summed E-state index contributed by atoms with van der Waals surface area (Å²) in [5, 5.41) is 13.3. The van der Waals surface area contributed by atoms with Crippen LogP contribution in [0.15, 0.2) is 23.6 Å². The van der Waals surface area contributed by atoms with E-state index in [-0.39, 0.29) is 6.10 Å². The zero-order valence-corrected chi connectivity index (χ0v) is 7.97. The number of aliphatic hydroxyl groups is 1. The number of rotatable bonds is 0. The maximum atomic E-state index is 9.79. The summed E-state index contributed by atoms with van der Waals surface area (Å²) >= 11 is 1.78. The number of hydrogen-bond acceptors (Lipinski definition) is 2. The van der Waals surface area contributed by atoms with Gasteiger partial charge in [-0.05, 0) is 35.4 Å². The van der Waals surface area contributed by atoms with Gasteiger partial charge in [0.05, 0.1) is 6.10 Å². The summed E-state index contributed by atoms with van der Waals surface area (Å²) in [5.74, 6) is 0. The molecule has 0 spiro atoms. The largest absolute Gasteiger partial charge is 0.388 e. The quantitative estimate of drug-likeness (QED) is 0.677. The molecule has 3 rings (SSSR count). The minimum atomic E-state index is -0.245. The van der Waals surface area contributed by atoms with Crippen molar-refractivity contribution in [3.05, 3.63) is 34.7 Å². The van der Waals surface area contributed by atoms with Gasteiger partial charge in [-0.25, -0.2) is 0 Å². The molecule has 1 aliphatic rings. The van der Waals surface area contributed by atoms with E-state index in [0.29, 0.717) is 0 Å². The summed E-state index contributed by atoms with van der Waals surface area (Å²) in [6, 6.07) is 6.21. The third-order valence-electron chi connectivity index (χ3n) is 2.75. The monoisotopic (exact) mass is 190 g/mol. The molecule has 13 heavy (non-hydrogen) atoms. The van der Waals surface area contributed by atoms with E-state index < -0.39 is 0 Å². The van der Waals surface area contributed by atoms with Gasteiger partial charge >= 0.3 is 0 Å². The highest BCUT2D eigenvalue weighted by molar-refractivity contribution is 7.17. The molecule has 2 aromatic rings. The molecule has 1 atom stereocenters. The van der Waals surface area contributed by atoms with Gasteiger partial charge in [0.25, 0.3) is 0 Å². The van der Waals surface area contributed by atoms with Gasteiger partial charge in [-0.15, -0.1) is 11.3 Å². The highest BCUT2D eigenvalue weighted by atomic mass is 32.1. The van der Waals surface area contributed by atoms with Gasteiger partial charge < -0.3 is 5.11 Å². The average molecular weight is 190 g/mol. The topological polar surface area (TPSA) is 20.2 Å². The van der Waals surface area contributed by atoms with Crippen LogP contribution in [0.1, 0.15) is 23.7 Å². The van der Waals surface area contributed by atoms with Crippen molar-refractivity contribution in [1.29, 1.82) is 0 Å². The standard InChI is InChI=1S/C11H10OS/c12-9-5-4-7-6-13-10-3-1-2-8(9)11(7)10/h1-3,6,9,12H,4-5H2. The fourth-order valence-electron chi connectivity index (χ4n) is 2.09. The van der Waals surface area contributed by atoms with Crippen LogP contribution in [0.5, 0.6) is 0 Å². The van der Waals surface area contributed by atoms with E-state index in [2.05, 4.69) is 11.4 Å². The highest BCUT2D eigenvalue weighted by Gasteiger charge is 2.20. The summed E-state index contributed by atoms with van der Waals surface area (Å²) in [6.45, 7) is 0. The van der Waals surface area contributed by atoms with Crippen molar-refractivity contribution in [2.24, 2.45) is 0 Å². The first-order valence-electron chi connectivity index (χ1n) is 4.53. The third kappa shape index (κ3) is 0.960. The molecule has 0 fully saturated rings. The second-order valence-corrected chi connectivity index (χ2v) is 4.45. The Balaban J connectivity index is 2.45. The van der Waals surface area contributed by atoms with Gasteiger partial charge in [-0.2, -0.15) is 0 Å². The fraction of sp³-hybridized carbons (Fsp3) is 0.273. The average Bonchev–Trinajstić information content (AvgIpc) is 2.57. The maximum absolute atomic E-state index is 9.79. The molecule has 1 heterocycles. The van der Waals surface area contributed by atoms with Gasteiger partial charge in [-0.3, -0.25) is 0 Å². The summed E-state index contributed by atoms with van der Waals surface area (Å²) in [6.07, 6.45) is 1.66. The first-order chi connectivity index (χ1) is 6.36. The van der Waals surface area contributed by atoms with Crippen LogP contribution in [-0.2, 0) is 6.42 Å². The predicted molar refractivity (Wildman–Crippen MR) is 55.1 cm³/mol. The molecule has 0 amide bonds. The van der Waals surface area contributed by atoms with Crippen LogP contribution in [0.4, 0.5) is 0 Å². The van der Waals surface area contributed by atoms with E-state index in [1.807, 2.05) is 12.1 Å². The first kappa shape index (κ1) is 7.54. The zero-order chi connectivity index (χ0) is 8.84. The number of benzene rings is 1. The molecule has 2 heteroatoms. The van der Waals surface area contributed by atoms with E-state index in [1.165, 1.54) is 15.6 Å². The van der Waals surface area contributed by atoms with Crippen LogP contribution in [0, 0.1) is 0 Å².